The van der Waals surface area contributed by atoms with E-state index in [9.17, 15) is 9.90 Å². The van der Waals surface area contributed by atoms with Gasteiger partial charge in [-0.2, -0.15) is 5.11 Å². The van der Waals surface area contributed by atoms with Crippen molar-refractivity contribution < 1.29 is 9.90 Å². The van der Waals surface area contributed by atoms with Crippen LogP contribution in [0.4, 0.5) is 17.1 Å². The molecule has 1 aromatic heterocycles. The van der Waals surface area contributed by atoms with Crippen LogP contribution in [-0.4, -0.2) is 15.6 Å². The first-order valence-corrected chi connectivity index (χ1v) is 8.84. The average Bonchev–Trinajstić information content (AvgIpc) is 2.99. The highest BCUT2D eigenvalue weighted by Crippen LogP contribution is 2.39. The van der Waals surface area contributed by atoms with E-state index in [1.54, 1.807) is 0 Å². The molecule has 6 heteroatoms. The van der Waals surface area contributed by atoms with Crippen LogP contribution in [0.3, 0.4) is 0 Å². The minimum atomic E-state index is -0.242. The SMILES string of the molecule is O=C(Cn1c(O)c(N=Nc2ccccc2)c2ccccc21)Nc1ccccc1. The van der Waals surface area contributed by atoms with Gasteiger partial charge in [-0.3, -0.25) is 4.79 Å². The van der Waals surface area contributed by atoms with Gasteiger partial charge < -0.3 is 15.0 Å². The molecule has 4 aromatic rings. The Labute approximate surface area is 161 Å². The number of benzene rings is 3. The molecule has 0 radical (unpaired) electrons. The Morgan fingerprint density at radius 2 is 1.50 bits per heavy atom. The monoisotopic (exact) mass is 370 g/mol. The molecule has 0 saturated carbocycles. The number of nitrogens with zero attached hydrogens (tertiary/aromatic N) is 3. The summed E-state index contributed by atoms with van der Waals surface area (Å²) in [5, 5.41) is 22.7. The minimum absolute atomic E-state index is 0.0396. The van der Waals surface area contributed by atoms with Crippen LogP contribution >= 0.6 is 0 Å². The Balaban J connectivity index is 1.66. The lowest BCUT2D eigenvalue weighted by Crippen LogP contribution is -2.18. The Bertz CT molecular complexity index is 1140. The van der Waals surface area contributed by atoms with Gasteiger partial charge in [0.1, 0.15) is 6.54 Å². The molecule has 0 aliphatic carbocycles. The smallest absolute Gasteiger partial charge is 0.244 e. The van der Waals surface area contributed by atoms with Gasteiger partial charge >= 0.3 is 0 Å². The fourth-order valence-electron chi connectivity index (χ4n) is 3.00. The molecule has 0 bridgehead atoms. The molecule has 0 spiro atoms. The lowest BCUT2D eigenvalue weighted by molar-refractivity contribution is -0.116. The van der Waals surface area contributed by atoms with Crippen LogP contribution in [0.25, 0.3) is 10.9 Å². The van der Waals surface area contributed by atoms with E-state index < -0.39 is 0 Å². The number of fused-ring (bicyclic) bond motifs is 1. The molecule has 1 heterocycles. The van der Waals surface area contributed by atoms with E-state index >= 15 is 0 Å². The molecule has 0 atom stereocenters. The molecule has 28 heavy (non-hydrogen) atoms. The van der Waals surface area contributed by atoms with Crippen LogP contribution < -0.4 is 5.32 Å². The molecular weight excluding hydrogens is 352 g/mol. The molecule has 2 N–H and O–H groups in total. The van der Waals surface area contributed by atoms with Gasteiger partial charge in [-0.1, -0.05) is 54.6 Å². The van der Waals surface area contributed by atoms with Crippen molar-refractivity contribution in [3.05, 3.63) is 84.9 Å². The number of azo groups is 1. The number of para-hydroxylation sites is 2. The highest BCUT2D eigenvalue weighted by atomic mass is 16.3. The van der Waals surface area contributed by atoms with Crippen LogP contribution in [0.1, 0.15) is 0 Å². The van der Waals surface area contributed by atoms with E-state index in [0.29, 0.717) is 22.6 Å². The Morgan fingerprint density at radius 1 is 0.857 bits per heavy atom. The summed E-state index contributed by atoms with van der Waals surface area (Å²) in [6.45, 7) is -0.0396. The first kappa shape index (κ1) is 17.5. The largest absolute Gasteiger partial charge is 0.493 e. The van der Waals surface area contributed by atoms with Gasteiger partial charge in [-0.05, 0) is 30.3 Å². The fourth-order valence-corrected chi connectivity index (χ4v) is 3.00. The number of hydrogen-bond acceptors (Lipinski definition) is 4. The number of nitrogens with one attached hydrogen (secondary N) is 1. The molecular formula is C22H18N4O2. The zero-order valence-electron chi connectivity index (χ0n) is 15.0. The third-order valence-corrected chi connectivity index (χ3v) is 4.30. The molecule has 0 fully saturated rings. The van der Waals surface area contributed by atoms with Crippen LogP contribution in [0.2, 0.25) is 0 Å². The molecule has 0 aliphatic heterocycles. The Kier molecular flexibility index (Phi) is 4.84. The second-order valence-corrected chi connectivity index (χ2v) is 6.23. The van der Waals surface area contributed by atoms with Crippen molar-refractivity contribution in [2.24, 2.45) is 10.2 Å². The summed E-state index contributed by atoms with van der Waals surface area (Å²) in [6, 6.07) is 25.9. The maximum Gasteiger partial charge on any atom is 0.244 e. The van der Waals surface area contributed by atoms with E-state index in [2.05, 4.69) is 15.5 Å². The van der Waals surface area contributed by atoms with Gasteiger partial charge in [0.25, 0.3) is 0 Å². The quantitative estimate of drug-likeness (QED) is 0.461. The van der Waals surface area contributed by atoms with Crippen molar-refractivity contribution in [2.45, 2.75) is 6.54 Å². The van der Waals surface area contributed by atoms with E-state index in [4.69, 9.17) is 0 Å². The third-order valence-electron chi connectivity index (χ3n) is 4.30. The van der Waals surface area contributed by atoms with E-state index in [-0.39, 0.29) is 18.3 Å². The summed E-state index contributed by atoms with van der Waals surface area (Å²) in [6.07, 6.45) is 0. The molecule has 0 aliphatic rings. The fraction of sp³-hybridized carbons (Fsp3) is 0.0455. The van der Waals surface area contributed by atoms with Gasteiger partial charge in [-0.15, -0.1) is 5.11 Å². The van der Waals surface area contributed by atoms with Gasteiger partial charge in [0, 0.05) is 11.1 Å². The molecule has 1 amide bonds. The number of carbonyl (C=O) groups excluding carboxylic acids is 1. The van der Waals surface area contributed by atoms with Gasteiger partial charge in [0.15, 0.2) is 5.69 Å². The van der Waals surface area contributed by atoms with Gasteiger partial charge in [0.05, 0.1) is 11.2 Å². The highest BCUT2D eigenvalue weighted by Gasteiger charge is 2.18. The standard InChI is InChI=1S/C22H18N4O2/c27-20(23-16-9-3-1-4-10-16)15-26-19-14-8-7-13-18(19)21(22(26)28)25-24-17-11-5-2-6-12-17/h1-14,28H,15H2,(H,23,27). The summed E-state index contributed by atoms with van der Waals surface area (Å²) in [5.74, 6) is -0.335. The zero-order valence-corrected chi connectivity index (χ0v) is 15.0. The van der Waals surface area contributed by atoms with Crippen molar-refractivity contribution >= 4 is 33.9 Å². The van der Waals surface area contributed by atoms with Crippen molar-refractivity contribution in [1.82, 2.24) is 4.57 Å². The number of aromatic nitrogens is 1. The first-order valence-electron chi connectivity index (χ1n) is 8.84. The number of anilines is 1. The van der Waals surface area contributed by atoms with Gasteiger partial charge in [-0.25, -0.2) is 0 Å². The van der Waals surface area contributed by atoms with Crippen LogP contribution in [0, 0.1) is 0 Å². The summed E-state index contributed by atoms with van der Waals surface area (Å²) >= 11 is 0. The van der Waals surface area contributed by atoms with Crippen LogP contribution in [0.5, 0.6) is 5.88 Å². The first-order chi connectivity index (χ1) is 13.7. The lowest BCUT2D eigenvalue weighted by atomic mass is 10.2. The Hall–Kier alpha value is -3.93. The minimum Gasteiger partial charge on any atom is -0.493 e. The average molecular weight is 370 g/mol. The predicted octanol–water partition coefficient (Wildman–Crippen LogP) is 5.40. The van der Waals surface area contributed by atoms with Crippen molar-refractivity contribution in [1.29, 1.82) is 0 Å². The topological polar surface area (TPSA) is 79.0 Å². The molecule has 0 unspecified atom stereocenters. The predicted molar refractivity (Wildman–Crippen MR) is 109 cm³/mol. The summed E-state index contributed by atoms with van der Waals surface area (Å²) in [7, 11) is 0. The zero-order chi connectivity index (χ0) is 19.3. The van der Waals surface area contributed by atoms with E-state index in [0.717, 1.165) is 5.39 Å². The Morgan fingerprint density at radius 3 is 2.25 bits per heavy atom. The second-order valence-electron chi connectivity index (χ2n) is 6.23. The molecule has 138 valence electrons. The van der Waals surface area contributed by atoms with Crippen LogP contribution in [0.15, 0.2) is 95.2 Å². The number of carbonyl (C=O) groups is 1. The molecule has 0 saturated heterocycles. The number of amides is 1. The van der Waals surface area contributed by atoms with E-state index in [1.165, 1.54) is 4.57 Å². The van der Waals surface area contributed by atoms with Gasteiger partial charge in [0.2, 0.25) is 11.8 Å². The summed E-state index contributed by atoms with van der Waals surface area (Å²) in [4.78, 5) is 12.5. The number of hydrogen-bond donors (Lipinski definition) is 2. The molecule has 6 nitrogen and oxygen atoms in total. The van der Waals surface area contributed by atoms with Crippen molar-refractivity contribution in [3.8, 4) is 5.88 Å². The third kappa shape index (κ3) is 3.61. The van der Waals surface area contributed by atoms with Crippen LogP contribution in [-0.2, 0) is 11.3 Å². The van der Waals surface area contributed by atoms with E-state index in [1.807, 2.05) is 84.9 Å². The maximum absolute atomic E-state index is 12.5. The second kappa shape index (κ2) is 7.75. The summed E-state index contributed by atoms with van der Waals surface area (Å²) in [5.41, 5.74) is 2.44. The maximum atomic E-state index is 12.5. The summed E-state index contributed by atoms with van der Waals surface area (Å²) < 4.78 is 1.53. The normalized spacial score (nSPS) is 11.1. The highest BCUT2D eigenvalue weighted by molar-refractivity contribution is 5.97. The molecule has 4 rings (SSSR count). The number of aromatic hydroxyl groups is 1. The lowest BCUT2D eigenvalue weighted by Gasteiger charge is -2.08. The molecule has 3 aromatic carbocycles. The van der Waals surface area contributed by atoms with Crippen molar-refractivity contribution in [2.75, 3.05) is 5.32 Å². The van der Waals surface area contributed by atoms with Crippen molar-refractivity contribution in [3.63, 3.8) is 0 Å². The number of rotatable bonds is 5.